The van der Waals surface area contributed by atoms with Crippen molar-refractivity contribution in [3.05, 3.63) is 58.7 Å². The minimum absolute atomic E-state index is 0.0720. The van der Waals surface area contributed by atoms with Gasteiger partial charge in [0.15, 0.2) is 10.1 Å². The first kappa shape index (κ1) is 16.0. The monoisotopic (exact) mass is 368 g/mol. The van der Waals surface area contributed by atoms with Gasteiger partial charge < -0.3 is 5.32 Å². The molecule has 0 atom stereocenters. The predicted octanol–water partition coefficient (Wildman–Crippen LogP) is 4.26. The molecule has 0 saturated carbocycles. The molecule has 0 aliphatic carbocycles. The molecule has 0 unspecified atom stereocenters. The van der Waals surface area contributed by atoms with Crippen molar-refractivity contribution in [1.82, 2.24) is 14.4 Å². The normalized spacial score (nSPS) is 11.1. The molecule has 0 spiro atoms. The molecule has 3 heterocycles. The summed E-state index contributed by atoms with van der Waals surface area (Å²) < 4.78 is 2.00. The summed E-state index contributed by atoms with van der Waals surface area (Å²) >= 11 is 2.96. The van der Waals surface area contributed by atoms with Crippen LogP contribution in [0, 0.1) is 0 Å². The number of rotatable bonds is 5. The van der Waals surface area contributed by atoms with Gasteiger partial charge in [0.25, 0.3) is 0 Å². The van der Waals surface area contributed by atoms with Crippen molar-refractivity contribution < 1.29 is 4.79 Å². The van der Waals surface area contributed by atoms with Crippen LogP contribution in [-0.4, -0.2) is 20.3 Å². The summed E-state index contributed by atoms with van der Waals surface area (Å²) in [5.41, 5.74) is 4.25. The van der Waals surface area contributed by atoms with Crippen LogP contribution < -0.4 is 5.32 Å². The highest BCUT2D eigenvalue weighted by atomic mass is 32.1. The Hall–Kier alpha value is -2.51. The second-order valence-electron chi connectivity index (χ2n) is 5.62. The number of anilines is 1. The molecule has 25 heavy (non-hydrogen) atoms. The van der Waals surface area contributed by atoms with Crippen LogP contribution >= 0.6 is 22.7 Å². The highest BCUT2D eigenvalue weighted by Crippen LogP contribution is 2.24. The number of hydrogen-bond acceptors (Lipinski definition) is 5. The molecule has 0 bridgehead atoms. The molecule has 7 heteroatoms. The molecule has 1 amide bonds. The van der Waals surface area contributed by atoms with Gasteiger partial charge >= 0.3 is 0 Å². The summed E-state index contributed by atoms with van der Waals surface area (Å²) in [7, 11) is 0. The summed E-state index contributed by atoms with van der Waals surface area (Å²) in [6.07, 6.45) is 4.99. The van der Waals surface area contributed by atoms with Crippen LogP contribution in [0.4, 0.5) is 5.13 Å². The van der Waals surface area contributed by atoms with Crippen molar-refractivity contribution in [3.8, 4) is 11.3 Å². The van der Waals surface area contributed by atoms with Crippen molar-refractivity contribution >= 4 is 38.7 Å². The molecular weight excluding hydrogens is 352 g/mol. The fourth-order valence-corrected chi connectivity index (χ4v) is 4.04. The highest BCUT2D eigenvalue weighted by molar-refractivity contribution is 7.15. The summed E-state index contributed by atoms with van der Waals surface area (Å²) in [5, 5.41) is 7.26. The second-order valence-corrected chi connectivity index (χ2v) is 7.35. The van der Waals surface area contributed by atoms with E-state index in [0.717, 1.165) is 28.3 Å². The lowest BCUT2D eigenvalue weighted by Crippen LogP contribution is -2.15. The average molecular weight is 368 g/mol. The molecule has 0 aliphatic heterocycles. The lowest BCUT2D eigenvalue weighted by atomic mass is 10.1. The lowest BCUT2D eigenvalue weighted by Gasteiger charge is -2.01. The zero-order valence-corrected chi connectivity index (χ0v) is 15.2. The third-order valence-corrected chi connectivity index (χ3v) is 5.54. The van der Waals surface area contributed by atoms with E-state index in [0.29, 0.717) is 11.6 Å². The Morgan fingerprint density at radius 3 is 2.80 bits per heavy atom. The number of benzene rings is 1. The van der Waals surface area contributed by atoms with Gasteiger partial charge in [0.2, 0.25) is 5.91 Å². The van der Waals surface area contributed by atoms with E-state index in [4.69, 9.17) is 0 Å². The SMILES string of the molecule is CCc1ccc(-c2cn3c(CC(=O)Nc4nccs4)csc3n2)cc1. The average Bonchev–Trinajstić information content (AvgIpc) is 3.34. The Kier molecular flexibility index (Phi) is 4.33. The number of nitrogens with zero attached hydrogens (tertiary/aromatic N) is 3. The van der Waals surface area contributed by atoms with Crippen LogP contribution in [0.15, 0.2) is 47.4 Å². The largest absolute Gasteiger partial charge is 0.302 e. The van der Waals surface area contributed by atoms with Gasteiger partial charge in [-0.15, -0.1) is 22.7 Å². The number of aromatic nitrogens is 3. The van der Waals surface area contributed by atoms with Crippen LogP contribution in [0.3, 0.4) is 0 Å². The maximum Gasteiger partial charge on any atom is 0.232 e. The van der Waals surface area contributed by atoms with Crippen molar-refractivity contribution in [2.45, 2.75) is 19.8 Å². The minimum Gasteiger partial charge on any atom is -0.302 e. The Bertz CT molecular complexity index is 1000. The highest BCUT2D eigenvalue weighted by Gasteiger charge is 2.13. The van der Waals surface area contributed by atoms with Gasteiger partial charge in [-0.2, -0.15) is 0 Å². The first-order valence-electron chi connectivity index (χ1n) is 7.97. The molecule has 1 N–H and O–H groups in total. The standard InChI is InChI=1S/C18H16N4OS2/c1-2-12-3-5-13(6-4-12)15-10-22-14(11-25-18(22)20-15)9-16(23)21-17-19-7-8-24-17/h3-8,10-11H,2,9H2,1H3,(H,19,21,23). The molecule has 5 nitrogen and oxygen atoms in total. The summed E-state index contributed by atoms with van der Waals surface area (Å²) in [6.45, 7) is 2.14. The number of hydrogen-bond donors (Lipinski definition) is 1. The number of fused-ring (bicyclic) bond motifs is 1. The van der Waals surface area contributed by atoms with Crippen LogP contribution in [0.25, 0.3) is 16.2 Å². The number of carbonyl (C=O) groups excluding carboxylic acids is 1. The van der Waals surface area contributed by atoms with E-state index in [1.807, 2.05) is 21.4 Å². The van der Waals surface area contributed by atoms with E-state index in [1.54, 1.807) is 17.5 Å². The zero-order chi connectivity index (χ0) is 17.2. The number of aryl methyl sites for hydroxylation is 1. The second kappa shape index (κ2) is 6.78. The predicted molar refractivity (Wildman–Crippen MR) is 102 cm³/mol. The van der Waals surface area contributed by atoms with Crippen molar-refractivity contribution in [1.29, 1.82) is 0 Å². The van der Waals surface area contributed by atoms with Crippen LogP contribution in [0.5, 0.6) is 0 Å². The van der Waals surface area contributed by atoms with Gasteiger partial charge in [-0.05, 0) is 12.0 Å². The van der Waals surface area contributed by atoms with Crippen molar-refractivity contribution in [3.63, 3.8) is 0 Å². The van der Waals surface area contributed by atoms with Gasteiger partial charge in [-0.3, -0.25) is 9.20 Å². The van der Waals surface area contributed by atoms with Gasteiger partial charge in [-0.25, -0.2) is 9.97 Å². The third-order valence-electron chi connectivity index (χ3n) is 3.96. The molecule has 1 aromatic carbocycles. The number of amides is 1. The number of imidazole rings is 1. The first-order valence-corrected chi connectivity index (χ1v) is 9.73. The smallest absolute Gasteiger partial charge is 0.232 e. The molecule has 4 aromatic rings. The summed E-state index contributed by atoms with van der Waals surface area (Å²) in [4.78, 5) is 21.8. The van der Waals surface area contributed by atoms with Gasteiger partial charge in [0.1, 0.15) is 0 Å². The molecule has 0 saturated heterocycles. The molecular formula is C18H16N4OS2. The fraction of sp³-hybridized carbons (Fsp3) is 0.167. The molecule has 0 aliphatic rings. The molecule has 126 valence electrons. The van der Waals surface area contributed by atoms with E-state index in [9.17, 15) is 4.79 Å². The molecule has 0 fully saturated rings. The zero-order valence-electron chi connectivity index (χ0n) is 13.6. The van der Waals surface area contributed by atoms with Crippen molar-refractivity contribution in [2.75, 3.05) is 5.32 Å². The fourth-order valence-electron chi connectivity index (χ4n) is 2.62. The number of thiazole rings is 2. The lowest BCUT2D eigenvalue weighted by molar-refractivity contribution is -0.115. The maximum atomic E-state index is 12.2. The third kappa shape index (κ3) is 3.33. The summed E-state index contributed by atoms with van der Waals surface area (Å²) in [5.74, 6) is -0.0720. The molecule has 4 rings (SSSR count). The Morgan fingerprint density at radius 2 is 2.08 bits per heavy atom. The Morgan fingerprint density at radius 1 is 1.24 bits per heavy atom. The molecule has 0 radical (unpaired) electrons. The van der Waals surface area contributed by atoms with E-state index in [1.165, 1.54) is 16.9 Å². The van der Waals surface area contributed by atoms with Crippen LogP contribution in [0.1, 0.15) is 18.2 Å². The van der Waals surface area contributed by atoms with E-state index in [-0.39, 0.29) is 5.91 Å². The topological polar surface area (TPSA) is 59.3 Å². The minimum atomic E-state index is -0.0720. The van der Waals surface area contributed by atoms with Crippen molar-refractivity contribution in [2.24, 2.45) is 0 Å². The van der Waals surface area contributed by atoms with Gasteiger partial charge in [0, 0.05) is 34.4 Å². The molecule has 3 aromatic heterocycles. The Balaban J connectivity index is 1.56. The van der Waals surface area contributed by atoms with E-state index < -0.39 is 0 Å². The number of nitrogens with one attached hydrogen (secondary N) is 1. The van der Waals surface area contributed by atoms with Crippen LogP contribution in [0.2, 0.25) is 0 Å². The van der Waals surface area contributed by atoms with Gasteiger partial charge in [-0.1, -0.05) is 31.2 Å². The summed E-state index contributed by atoms with van der Waals surface area (Å²) in [6, 6.07) is 8.45. The number of carbonyl (C=O) groups is 1. The van der Waals surface area contributed by atoms with E-state index >= 15 is 0 Å². The van der Waals surface area contributed by atoms with Gasteiger partial charge in [0.05, 0.1) is 12.1 Å². The Labute approximate surface area is 153 Å². The quantitative estimate of drug-likeness (QED) is 0.572. The van der Waals surface area contributed by atoms with Crippen LogP contribution in [-0.2, 0) is 17.6 Å². The van der Waals surface area contributed by atoms with E-state index in [2.05, 4.69) is 46.5 Å². The maximum absolute atomic E-state index is 12.2. The first-order chi connectivity index (χ1) is 12.2.